The minimum Gasteiger partial charge on any atom is -0.352 e. The van der Waals surface area contributed by atoms with Gasteiger partial charge in [-0.1, -0.05) is 18.2 Å². The fraction of sp³-hybridized carbons (Fsp3) is 0.571. The monoisotopic (exact) mass is 422 g/mol. The second-order valence-corrected chi connectivity index (χ2v) is 7.79. The molecule has 7 nitrogen and oxygen atoms in total. The van der Waals surface area contributed by atoms with E-state index in [2.05, 4.69) is 10.6 Å². The summed E-state index contributed by atoms with van der Waals surface area (Å²) in [6.07, 6.45) is 5.42. The van der Waals surface area contributed by atoms with Crippen LogP contribution in [0.1, 0.15) is 48.9 Å². The summed E-state index contributed by atoms with van der Waals surface area (Å²) in [6, 6.07) is 8.47. The number of rotatable bonds is 6. The van der Waals surface area contributed by atoms with E-state index in [1.807, 2.05) is 11.0 Å². The minimum atomic E-state index is -0.431. The van der Waals surface area contributed by atoms with Crippen molar-refractivity contribution in [1.82, 2.24) is 15.5 Å². The van der Waals surface area contributed by atoms with Crippen LogP contribution in [-0.4, -0.2) is 54.3 Å². The molecule has 3 rings (SSSR count). The van der Waals surface area contributed by atoms with Crippen LogP contribution < -0.4 is 16.4 Å². The molecule has 29 heavy (non-hydrogen) atoms. The van der Waals surface area contributed by atoms with Gasteiger partial charge in [0.05, 0.1) is 12.6 Å². The molecule has 1 aromatic carbocycles. The highest BCUT2D eigenvalue weighted by Gasteiger charge is 2.33. The molecule has 1 saturated carbocycles. The number of halogens is 1. The molecule has 8 heteroatoms. The van der Waals surface area contributed by atoms with Crippen molar-refractivity contribution in [2.75, 3.05) is 19.6 Å². The van der Waals surface area contributed by atoms with Gasteiger partial charge in [0.1, 0.15) is 0 Å². The lowest BCUT2D eigenvalue weighted by molar-refractivity contribution is -0.133. The van der Waals surface area contributed by atoms with Gasteiger partial charge in [-0.05, 0) is 56.6 Å². The van der Waals surface area contributed by atoms with E-state index in [9.17, 15) is 14.4 Å². The molecular weight excluding hydrogens is 392 g/mol. The Kier molecular flexibility index (Phi) is 8.92. The van der Waals surface area contributed by atoms with Crippen LogP contribution in [0.2, 0.25) is 0 Å². The number of hydrogen-bond acceptors (Lipinski definition) is 4. The molecule has 4 N–H and O–H groups in total. The van der Waals surface area contributed by atoms with Crippen molar-refractivity contribution in [2.24, 2.45) is 11.7 Å². The fourth-order valence-electron chi connectivity index (χ4n) is 4.10. The van der Waals surface area contributed by atoms with Gasteiger partial charge < -0.3 is 21.3 Å². The van der Waals surface area contributed by atoms with Gasteiger partial charge in [-0.3, -0.25) is 14.4 Å². The maximum Gasteiger partial charge on any atom is 0.251 e. The summed E-state index contributed by atoms with van der Waals surface area (Å²) >= 11 is 0. The molecule has 1 aliphatic carbocycles. The van der Waals surface area contributed by atoms with E-state index >= 15 is 0 Å². The Labute approximate surface area is 178 Å². The second kappa shape index (κ2) is 11.2. The van der Waals surface area contributed by atoms with Crippen LogP contribution in [0.4, 0.5) is 0 Å². The van der Waals surface area contributed by atoms with E-state index in [0.717, 1.165) is 51.6 Å². The molecular formula is C21H31ClN4O3. The van der Waals surface area contributed by atoms with Crippen molar-refractivity contribution in [3.63, 3.8) is 0 Å². The molecule has 2 aliphatic rings. The molecule has 1 atom stereocenters. The van der Waals surface area contributed by atoms with Crippen LogP contribution in [-0.2, 0) is 9.59 Å². The average Bonchev–Trinajstić information content (AvgIpc) is 3.27. The van der Waals surface area contributed by atoms with Gasteiger partial charge in [-0.15, -0.1) is 12.4 Å². The predicted molar refractivity (Wildman–Crippen MR) is 114 cm³/mol. The predicted octanol–water partition coefficient (Wildman–Crippen LogP) is 1.46. The maximum atomic E-state index is 12.5. The summed E-state index contributed by atoms with van der Waals surface area (Å²) < 4.78 is 0. The van der Waals surface area contributed by atoms with E-state index in [1.165, 1.54) is 0 Å². The third kappa shape index (κ3) is 6.44. The number of carbonyl (C=O) groups excluding carboxylic acids is 3. The number of benzene rings is 1. The number of nitrogens with two attached hydrogens (primary N) is 1. The fourth-order valence-corrected chi connectivity index (χ4v) is 4.10. The van der Waals surface area contributed by atoms with Gasteiger partial charge in [0.15, 0.2) is 0 Å². The van der Waals surface area contributed by atoms with Crippen molar-refractivity contribution in [1.29, 1.82) is 0 Å². The third-order valence-electron chi connectivity index (χ3n) is 5.79. The van der Waals surface area contributed by atoms with Crippen molar-refractivity contribution in [2.45, 2.75) is 50.6 Å². The van der Waals surface area contributed by atoms with Crippen LogP contribution in [0.3, 0.4) is 0 Å². The Bertz CT molecular complexity index is 686. The van der Waals surface area contributed by atoms with Gasteiger partial charge in [-0.2, -0.15) is 0 Å². The number of carbonyl (C=O) groups is 3. The summed E-state index contributed by atoms with van der Waals surface area (Å²) in [5.74, 6) is -0.191. The molecule has 160 valence electrons. The molecule has 0 radical (unpaired) electrons. The molecule has 1 saturated heterocycles. The number of nitrogens with one attached hydrogen (secondary N) is 2. The first-order chi connectivity index (χ1) is 13.5. The van der Waals surface area contributed by atoms with Crippen LogP contribution in [0.5, 0.6) is 0 Å². The quantitative estimate of drug-likeness (QED) is 0.645. The van der Waals surface area contributed by atoms with E-state index in [0.29, 0.717) is 5.56 Å². The Morgan fingerprint density at radius 3 is 2.28 bits per heavy atom. The van der Waals surface area contributed by atoms with Gasteiger partial charge in [0.2, 0.25) is 11.8 Å². The number of amides is 3. The molecule has 0 unspecified atom stereocenters. The van der Waals surface area contributed by atoms with E-state index in [1.54, 1.807) is 24.3 Å². The molecule has 0 bridgehead atoms. The largest absolute Gasteiger partial charge is 0.352 e. The van der Waals surface area contributed by atoms with Crippen molar-refractivity contribution < 1.29 is 14.4 Å². The standard InChI is InChI=1S/C21H30N4O3.ClH/c22-19(21(28)25-12-4-5-13-25)15-8-10-17(11-9-15)24-18(26)14-23-20(27)16-6-2-1-3-7-16;/h1-3,6-7,15,17,19H,4-5,8-14,22H2,(H,23,27)(H,24,26);1H/t15-,17+,19-;/m0./s1. The zero-order valence-electron chi connectivity index (χ0n) is 16.6. The lowest BCUT2D eigenvalue weighted by atomic mass is 9.81. The number of nitrogens with zero attached hydrogens (tertiary/aromatic N) is 1. The van der Waals surface area contributed by atoms with Gasteiger partial charge in [0.25, 0.3) is 5.91 Å². The molecule has 1 aliphatic heterocycles. The van der Waals surface area contributed by atoms with Crippen molar-refractivity contribution >= 4 is 30.1 Å². The van der Waals surface area contributed by atoms with Crippen LogP contribution in [0, 0.1) is 5.92 Å². The lowest BCUT2D eigenvalue weighted by Crippen LogP contribution is -2.49. The number of likely N-dealkylation sites (tertiary alicyclic amines) is 1. The first kappa shape index (κ1) is 23.2. The van der Waals surface area contributed by atoms with E-state index < -0.39 is 6.04 Å². The first-order valence-corrected chi connectivity index (χ1v) is 10.2. The Hall–Kier alpha value is -2.12. The lowest BCUT2D eigenvalue weighted by Gasteiger charge is -2.33. The average molecular weight is 423 g/mol. The smallest absolute Gasteiger partial charge is 0.251 e. The molecule has 0 spiro atoms. The van der Waals surface area contributed by atoms with Gasteiger partial charge >= 0.3 is 0 Å². The van der Waals surface area contributed by atoms with Crippen LogP contribution in [0.15, 0.2) is 30.3 Å². The Morgan fingerprint density at radius 2 is 1.66 bits per heavy atom. The molecule has 1 heterocycles. The normalized spacial score (nSPS) is 22.3. The molecule has 0 aromatic heterocycles. The van der Waals surface area contributed by atoms with Crippen molar-refractivity contribution in [3.8, 4) is 0 Å². The van der Waals surface area contributed by atoms with E-state index in [4.69, 9.17) is 5.73 Å². The number of hydrogen-bond donors (Lipinski definition) is 3. The molecule has 3 amide bonds. The summed E-state index contributed by atoms with van der Waals surface area (Å²) in [4.78, 5) is 38.5. The summed E-state index contributed by atoms with van der Waals surface area (Å²) in [5.41, 5.74) is 6.76. The van der Waals surface area contributed by atoms with Crippen LogP contribution >= 0.6 is 12.4 Å². The highest BCUT2D eigenvalue weighted by Crippen LogP contribution is 2.27. The maximum absolute atomic E-state index is 12.5. The molecule has 2 fully saturated rings. The van der Waals surface area contributed by atoms with E-state index in [-0.39, 0.29) is 48.6 Å². The summed E-state index contributed by atoms with van der Waals surface area (Å²) in [5, 5.41) is 5.62. The zero-order valence-corrected chi connectivity index (χ0v) is 17.5. The topological polar surface area (TPSA) is 105 Å². The summed E-state index contributed by atoms with van der Waals surface area (Å²) in [6.45, 7) is 1.61. The second-order valence-electron chi connectivity index (χ2n) is 7.79. The third-order valence-corrected chi connectivity index (χ3v) is 5.79. The minimum absolute atomic E-state index is 0. The Morgan fingerprint density at radius 1 is 1.03 bits per heavy atom. The SMILES string of the molecule is Cl.N[C@H](C(=O)N1CCCC1)[C@H]1CC[C@@H](NC(=O)CNC(=O)c2ccccc2)CC1. The summed E-state index contributed by atoms with van der Waals surface area (Å²) in [7, 11) is 0. The van der Waals surface area contributed by atoms with Gasteiger partial charge in [0, 0.05) is 24.7 Å². The zero-order chi connectivity index (χ0) is 19.9. The highest BCUT2D eigenvalue weighted by atomic mass is 35.5. The Balaban J connectivity index is 0.00000300. The van der Waals surface area contributed by atoms with Gasteiger partial charge in [-0.25, -0.2) is 0 Å². The molecule has 1 aromatic rings. The first-order valence-electron chi connectivity index (χ1n) is 10.2. The highest BCUT2D eigenvalue weighted by molar-refractivity contribution is 5.96. The van der Waals surface area contributed by atoms with Crippen LogP contribution in [0.25, 0.3) is 0 Å². The van der Waals surface area contributed by atoms with Crippen molar-refractivity contribution in [3.05, 3.63) is 35.9 Å².